The van der Waals surface area contributed by atoms with Crippen LogP contribution < -0.4 is 4.74 Å². The molecule has 3 rings (SSSR count). The average Bonchev–Trinajstić information content (AvgIpc) is 3.00. The Morgan fingerprint density at radius 1 is 1.36 bits per heavy atom. The van der Waals surface area contributed by atoms with Crippen molar-refractivity contribution in [2.45, 2.75) is 40.0 Å². The van der Waals surface area contributed by atoms with Gasteiger partial charge in [0.25, 0.3) is 5.91 Å². The lowest BCUT2D eigenvalue weighted by Gasteiger charge is -2.32. The molecule has 0 saturated carbocycles. The molecule has 0 bridgehead atoms. The number of carbonyl (C=O) groups excluding carboxylic acids is 1. The van der Waals surface area contributed by atoms with E-state index in [9.17, 15) is 4.79 Å². The predicted molar refractivity (Wildman–Crippen MR) is 91.5 cm³/mol. The molecule has 7 nitrogen and oxygen atoms in total. The maximum absolute atomic E-state index is 13.0. The van der Waals surface area contributed by atoms with Crippen LogP contribution in [0.1, 0.15) is 47.5 Å². The number of aromatic nitrogens is 3. The minimum atomic E-state index is -0.0232. The molecule has 134 valence electrons. The number of rotatable bonds is 5. The second-order valence-corrected chi connectivity index (χ2v) is 6.43. The summed E-state index contributed by atoms with van der Waals surface area (Å²) in [5.41, 5.74) is 1.37. The number of aryl methyl sites for hydroxylation is 2. The lowest BCUT2D eigenvalue weighted by Crippen LogP contribution is -2.40. The standard InChI is InChI=1S/C18H24N4O3/c1-4-24-17-15(8-7-12(2)19-17)18(23)22-9-5-6-14(11-22)10-16-20-13(3)25-21-16/h7-8,14H,4-6,9-11H2,1-3H3. The molecular formula is C18H24N4O3. The van der Waals surface area contributed by atoms with Gasteiger partial charge in [0.1, 0.15) is 5.56 Å². The van der Waals surface area contributed by atoms with Gasteiger partial charge < -0.3 is 14.2 Å². The quantitative estimate of drug-likeness (QED) is 0.829. The molecule has 0 radical (unpaired) electrons. The maximum Gasteiger partial charge on any atom is 0.259 e. The van der Waals surface area contributed by atoms with Crippen molar-refractivity contribution in [3.05, 3.63) is 35.1 Å². The van der Waals surface area contributed by atoms with Crippen LogP contribution in [0.5, 0.6) is 5.88 Å². The first-order valence-corrected chi connectivity index (χ1v) is 8.75. The molecule has 0 aromatic carbocycles. The number of nitrogens with zero attached hydrogens (tertiary/aromatic N) is 4. The van der Waals surface area contributed by atoms with E-state index in [-0.39, 0.29) is 5.91 Å². The molecule has 25 heavy (non-hydrogen) atoms. The zero-order valence-corrected chi connectivity index (χ0v) is 15.0. The van der Waals surface area contributed by atoms with Crippen molar-refractivity contribution in [1.29, 1.82) is 0 Å². The normalized spacial score (nSPS) is 17.6. The number of amides is 1. The molecule has 3 heterocycles. The fraction of sp³-hybridized carbons (Fsp3) is 0.556. The van der Waals surface area contributed by atoms with Crippen LogP contribution >= 0.6 is 0 Å². The van der Waals surface area contributed by atoms with Gasteiger partial charge in [-0.25, -0.2) is 4.98 Å². The molecule has 2 aromatic rings. The Balaban J connectivity index is 1.71. The molecule has 1 aliphatic heterocycles. The second kappa shape index (κ2) is 7.63. The fourth-order valence-electron chi connectivity index (χ4n) is 3.21. The fourth-order valence-corrected chi connectivity index (χ4v) is 3.21. The van der Waals surface area contributed by atoms with Crippen molar-refractivity contribution in [3.63, 3.8) is 0 Å². The summed E-state index contributed by atoms with van der Waals surface area (Å²) in [6.45, 7) is 7.48. The predicted octanol–water partition coefficient (Wildman–Crippen LogP) is 2.58. The van der Waals surface area contributed by atoms with Gasteiger partial charge in [-0.15, -0.1) is 0 Å². The molecule has 0 aliphatic carbocycles. The Kier molecular flexibility index (Phi) is 5.31. The van der Waals surface area contributed by atoms with Crippen LogP contribution in [0.3, 0.4) is 0 Å². The molecule has 7 heteroatoms. The zero-order chi connectivity index (χ0) is 17.8. The van der Waals surface area contributed by atoms with Gasteiger partial charge in [0.2, 0.25) is 11.8 Å². The summed E-state index contributed by atoms with van der Waals surface area (Å²) in [5, 5.41) is 3.97. The number of hydrogen-bond acceptors (Lipinski definition) is 6. The Morgan fingerprint density at radius 2 is 2.20 bits per heavy atom. The van der Waals surface area contributed by atoms with Crippen molar-refractivity contribution >= 4 is 5.91 Å². The first-order valence-electron chi connectivity index (χ1n) is 8.75. The van der Waals surface area contributed by atoms with Crippen LogP contribution in [-0.4, -0.2) is 45.6 Å². The van der Waals surface area contributed by atoms with Crippen molar-refractivity contribution in [2.24, 2.45) is 5.92 Å². The van der Waals surface area contributed by atoms with E-state index >= 15 is 0 Å². The van der Waals surface area contributed by atoms with Crippen LogP contribution in [0, 0.1) is 19.8 Å². The highest BCUT2D eigenvalue weighted by atomic mass is 16.5. The van der Waals surface area contributed by atoms with Gasteiger partial charge in [0.15, 0.2) is 5.82 Å². The van der Waals surface area contributed by atoms with E-state index in [1.165, 1.54) is 0 Å². The van der Waals surface area contributed by atoms with Crippen LogP contribution in [0.2, 0.25) is 0 Å². The summed E-state index contributed by atoms with van der Waals surface area (Å²) in [7, 11) is 0. The van der Waals surface area contributed by atoms with Crippen LogP contribution in [0.25, 0.3) is 0 Å². The molecule has 1 atom stereocenters. The van der Waals surface area contributed by atoms with Gasteiger partial charge in [-0.1, -0.05) is 5.16 Å². The highest BCUT2D eigenvalue weighted by Crippen LogP contribution is 2.24. The highest BCUT2D eigenvalue weighted by molar-refractivity contribution is 5.96. The Morgan fingerprint density at radius 3 is 2.92 bits per heavy atom. The number of piperidine rings is 1. The van der Waals surface area contributed by atoms with Gasteiger partial charge in [-0.2, -0.15) is 4.98 Å². The van der Waals surface area contributed by atoms with E-state index in [0.717, 1.165) is 31.5 Å². The van der Waals surface area contributed by atoms with Gasteiger partial charge in [-0.3, -0.25) is 4.79 Å². The van der Waals surface area contributed by atoms with Gasteiger partial charge >= 0.3 is 0 Å². The molecular weight excluding hydrogens is 320 g/mol. The lowest BCUT2D eigenvalue weighted by atomic mass is 9.94. The van der Waals surface area contributed by atoms with E-state index in [4.69, 9.17) is 9.26 Å². The Labute approximate surface area is 147 Å². The SMILES string of the molecule is CCOc1nc(C)ccc1C(=O)N1CCCC(Cc2noc(C)n2)C1. The van der Waals surface area contributed by atoms with Crippen molar-refractivity contribution in [3.8, 4) is 5.88 Å². The van der Waals surface area contributed by atoms with Gasteiger partial charge in [0.05, 0.1) is 6.61 Å². The average molecular weight is 344 g/mol. The molecule has 1 amide bonds. The molecule has 1 saturated heterocycles. The van der Waals surface area contributed by atoms with Crippen LogP contribution in [0.4, 0.5) is 0 Å². The molecule has 2 aromatic heterocycles. The van der Waals surface area contributed by atoms with E-state index < -0.39 is 0 Å². The van der Waals surface area contributed by atoms with Gasteiger partial charge in [-0.05, 0) is 44.7 Å². The molecule has 1 fully saturated rings. The molecule has 0 spiro atoms. The number of pyridine rings is 1. The van der Waals surface area contributed by atoms with E-state index in [0.29, 0.717) is 42.2 Å². The van der Waals surface area contributed by atoms with Crippen molar-refractivity contribution in [2.75, 3.05) is 19.7 Å². The van der Waals surface area contributed by atoms with Crippen molar-refractivity contribution in [1.82, 2.24) is 20.0 Å². The largest absolute Gasteiger partial charge is 0.477 e. The zero-order valence-electron chi connectivity index (χ0n) is 15.0. The number of hydrogen-bond donors (Lipinski definition) is 0. The first-order chi connectivity index (χ1) is 12.1. The van der Waals surface area contributed by atoms with E-state index in [1.54, 1.807) is 6.92 Å². The van der Waals surface area contributed by atoms with Crippen molar-refractivity contribution < 1.29 is 14.1 Å². The Hall–Kier alpha value is -2.44. The van der Waals surface area contributed by atoms with E-state index in [2.05, 4.69) is 15.1 Å². The number of ether oxygens (including phenoxy) is 1. The topological polar surface area (TPSA) is 81.4 Å². The summed E-state index contributed by atoms with van der Waals surface area (Å²) in [6, 6.07) is 3.65. The summed E-state index contributed by atoms with van der Waals surface area (Å²) in [6.07, 6.45) is 2.75. The summed E-state index contributed by atoms with van der Waals surface area (Å²) >= 11 is 0. The summed E-state index contributed by atoms with van der Waals surface area (Å²) < 4.78 is 10.6. The second-order valence-electron chi connectivity index (χ2n) is 6.43. The monoisotopic (exact) mass is 344 g/mol. The molecule has 1 aliphatic rings. The Bertz CT molecular complexity index is 744. The lowest BCUT2D eigenvalue weighted by molar-refractivity contribution is 0.0666. The van der Waals surface area contributed by atoms with Crippen LogP contribution in [0.15, 0.2) is 16.7 Å². The molecule has 0 N–H and O–H groups in total. The maximum atomic E-state index is 13.0. The first kappa shape index (κ1) is 17.4. The van der Waals surface area contributed by atoms with Crippen LogP contribution in [-0.2, 0) is 6.42 Å². The summed E-state index contributed by atoms with van der Waals surface area (Å²) in [4.78, 5) is 23.5. The number of likely N-dealkylation sites (tertiary alicyclic amines) is 1. The smallest absolute Gasteiger partial charge is 0.259 e. The molecule has 1 unspecified atom stereocenters. The third-order valence-electron chi connectivity index (χ3n) is 4.36. The van der Waals surface area contributed by atoms with Gasteiger partial charge in [0, 0.05) is 32.1 Å². The minimum absolute atomic E-state index is 0.0232. The highest BCUT2D eigenvalue weighted by Gasteiger charge is 2.27. The third-order valence-corrected chi connectivity index (χ3v) is 4.36. The number of carbonyl (C=O) groups is 1. The summed E-state index contributed by atoms with van der Waals surface area (Å²) in [5.74, 6) is 2.02. The van der Waals surface area contributed by atoms with E-state index in [1.807, 2.05) is 30.9 Å². The minimum Gasteiger partial charge on any atom is -0.477 e. The third kappa shape index (κ3) is 4.15.